The molecule has 2 unspecified atom stereocenters. The summed E-state index contributed by atoms with van der Waals surface area (Å²) in [7, 11) is -5.84. The van der Waals surface area contributed by atoms with Gasteiger partial charge in [-0.3, -0.25) is 43.4 Å². The first-order chi connectivity index (χ1) is 32.5. The van der Waals surface area contributed by atoms with Crippen molar-refractivity contribution in [3.8, 4) is 11.8 Å². The molecule has 0 aliphatic carbocycles. The second kappa shape index (κ2) is 20.5. The molecule has 0 bridgehead atoms. The molecule has 3 aliphatic heterocycles. The van der Waals surface area contributed by atoms with Crippen LogP contribution in [0.2, 0.25) is 5.02 Å². The van der Waals surface area contributed by atoms with Crippen molar-refractivity contribution in [3.05, 3.63) is 98.9 Å². The predicted octanol–water partition coefficient (Wildman–Crippen LogP) is 6.05. The lowest BCUT2D eigenvalue weighted by molar-refractivity contribution is -0.141. The average Bonchev–Trinajstić information content (AvgIpc) is 4.04. The molecular weight excluding hydrogens is 957 g/mol. The number of thiophene rings is 1. The highest BCUT2D eigenvalue weighted by molar-refractivity contribution is 7.52. The van der Waals surface area contributed by atoms with E-state index in [1.165, 1.54) is 26.8 Å². The van der Waals surface area contributed by atoms with Crippen LogP contribution in [0.25, 0.3) is 10.1 Å². The van der Waals surface area contributed by atoms with Gasteiger partial charge in [0.2, 0.25) is 29.5 Å². The third kappa shape index (κ3) is 11.2. The van der Waals surface area contributed by atoms with Gasteiger partial charge in [-0.15, -0.1) is 11.3 Å². The standard InChI is InChI=1S/C48H50ClF2N6O10PS/c1-47(2,3)41(54-43(61)38-26-29-25-30(13-19-37(29)69-38)48(50,51)68(65,66)67)46(64)56-23-8-12-36(56)45(63)55(32-16-14-31(49)15-17-32)24-21-39(58)52-22-6-4-5-9-28-10-7-11-33-34(28)27-57(44(33)62)35-18-20-40(59)53-42(35)60/h7,10-11,13-17,19,25-26,35-36,41H,4,6,8,12,18,20-24,27H2,1-3H3,(H,52,58)(H,54,61)(H,53,59,60)(H2,65,66,67)/t35?,36-,41?/m0/s1. The number of carbonyl (C=O) groups excluding carboxylic acids is 7. The summed E-state index contributed by atoms with van der Waals surface area (Å²) >= 11 is 7.13. The Kier molecular flexibility index (Phi) is 15.1. The first-order valence-corrected chi connectivity index (χ1v) is 25.0. The molecule has 3 aromatic carbocycles. The van der Waals surface area contributed by atoms with Gasteiger partial charge in [-0.05, 0) is 96.6 Å². The first kappa shape index (κ1) is 50.8. The van der Waals surface area contributed by atoms with Gasteiger partial charge in [0.25, 0.3) is 11.8 Å². The molecule has 2 saturated heterocycles. The minimum absolute atomic E-state index is 0.0362. The molecule has 3 aliphatic rings. The van der Waals surface area contributed by atoms with Gasteiger partial charge in [0.15, 0.2) is 0 Å². The topological polar surface area (TPSA) is 223 Å². The molecule has 21 heteroatoms. The molecule has 2 fully saturated rings. The molecule has 7 amide bonds. The number of rotatable bonds is 14. The Morgan fingerprint density at radius 1 is 1.03 bits per heavy atom. The number of piperidine rings is 1. The fraction of sp³-hybridized carbons (Fsp3) is 0.396. The monoisotopic (exact) mass is 1010 g/mol. The SMILES string of the molecule is CC(C)(C)C(NC(=O)c1cc2cc(C(F)(F)P(=O)(O)O)ccc2s1)C(=O)N1CCC[C@H]1C(=O)N(CCC(=O)NCCCC#Cc1cccc2c1CN(C1CCC(=O)NC1=O)C2=O)c1ccc(Cl)cc1. The van der Waals surface area contributed by atoms with E-state index in [1.807, 2.05) is 0 Å². The zero-order valence-electron chi connectivity index (χ0n) is 37.9. The Hall–Kier alpha value is -6.03. The van der Waals surface area contributed by atoms with E-state index in [2.05, 4.69) is 27.8 Å². The molecule has 0 saturated carbocycles. The second-order valence-electron chi connectivity index (χ2n) is 18.1. The molecule has 69 heavy (non-hydrogen) atoms. The third-order valence-electron chi connectivity index (χ3n) is 12.2. The van der Waals surface area contributed by atoms with Gasteiger partial charge in [-0.25, -0.2) is 0 Å². The highest BCUT2D eigenvalue weighted by Crippen LogP contribution is 2.59. The van der Waals surface area contributed by atoms with E-state index >= 15 is 0 Å². The molecule has 0 spiro atoms. The van der Waals surface area contributed by atoms with Gasteiger partial charge in [-0.2, -0.15) is 8.78 Å². The zero-order chi connectivity index (χ0) is 50.0. The number of hydrogen-bond donors (Lipinski definition) is 5. The largest absolute Gasteiger partial charge is 0.399 e. The molecule has 0 radical (unpaired) electrons. The molecule has 1 aromatic heterocycles. The molecule has 3 atom stereocenters. The van der Waals surface area contributed by atoms with Crippen LogP contribution in [0.15, 0.2) is 66.7 Å². The van der Waals surface area contributed by atoms with Crippen molar-refractivity contribution < 1.29 is 56.7 Å². The first-order valence-electron chi connectivity index (χ1n) is 22.2. The van der Waals surface area contributed by atoms with E-state index in [4.69, 9.17) is 11.6 Å². The number of benzene rings is 3. The fourth-order valence-corrected chi connectivity index (χ4v) is 10.1. The van der Waals surface area contributed by atoms with Crippen LogP contribution in [0.4, 0.5) is 14.5 Å². The van der Waals surface area contributed by atoms with Gasteiger partial charge in [-0.1, -0.05) is 56.3 Å². The van der Waals surface area contributed by atoms with Crippen LogP contribution in [-0.2, 0) is 40.7 Å². The number of imide groups is 1. The summed E-state index contributed by atoms with van der Waals surface area (Å²) < 4.78 is 40.8. The fourth-order valence-electron chi connectivity index (χ4n) is 8.55. The van der Waals surface area contributed by atoms with Crippen molar-refractivity contribution in [1.29, 1.82) is 0 Å². The van der Waals surface area contributed by atoms with Gasteiger partial charge in [0.05, 0.1) is 4.88 Å². The number of nitrogens with zero attached hydrogens (tertiary/aromatic N) is 3. The Morgan fingerprint density at radius 2 is 1.77 bits per heavy atom. The Bertz CT molecular complexity index is 2840. The summed E-state index contributed by atoms with van der Waals surface area (Å²) in [5.74, 6) is 3.09. The Morgan fingerprint density at radius 3 is 2.46 bits per heavy atom. The van der Waals surface area contributed by atoms with Crippen LogP contribution in [0.3, 0.4) is 0 Å². The number of fused-ring (bicyclic) bond motifs is 2. The predicted molar refractivity (Wildman–Crippen MR) is 253 cm³/mol. The lowest BCUT2D eigenvalue weighted by Crippen LogP contribution is -2.58. The highest BCUT2D eigenvalue weighted by atomic mass is 35.5. The van der Waals surface area contributed by atoms with Gasteiger partial charge < -0.3 is 35.1 Å². The molecule has 4 heterocycles. The number of anilines is 1. The number of nitrogens with one attached hydrogen (secondary N) is 3. The maximum atomic E-state index is 14.5. The minimum Gasteiger partial charge on any atom is -0.356 e. The van der Waals surface area contributed by atoms with E-state index in [0.29, 0.717) is 57.8 Å². The number of amides is 7. The molecule has 7 rings (SSSR count). The minimum atomic E-state index is -5.84. The van der Waals surface area contributed by atoms with Crippen molar-refractivity contribution in [3.63, 3.8) is 0 Å². The van der Waals surface area contributed by atoms with E-state index in [1.54, 1.807) is 63.2 Å². The van der Waals surface area contributed by atoms with Crippen LogP contribution in [0, 0.1) is 17.3 Å². The van der Waals surface area contributed by atoms with Gasteiger partial charge >= 0.3 is 13.3 Å². The van der Waals surface area contributed by atoms with Crippen LogP contribution in [-0.4, -0.2) is 98.7 Å². The van der Waals surface area contributed by atoms with Crippen molar-refractivity contribution >= 4 is 87.7 Å². The molecule has 364 valence electrons. The summed E-state index contributed by atoms with van der Waals surface area (Å²) in [4.78, 5) is 116. The zero-order valence-corrected chi connectivity index (χ0v) is 40.3. The van der Waals surface area contributed by atoms with E-state index in [9.17, 15) is 56.7 Å². The number of carbonyl (C=O) groups is 7. The number of halogens is 3. The van der Waals surface area contributed by atoms with E-state index in [-0.39, 0.29) is 73.4 Å². The summed E-state index contributed by atoms with van der Waals surface area (Å²) in [6.07, 6.45) is 2.03. The lowest BCUT2D eigenvalue weighted by Gasteiger charge is -2.36. The van der Waals surface area contributed by atoms with E-state index in [0.717, 1.165) is 23.5 Å². The van der Waals surface area contributed by atoms with Crippen LogP contribution in [0.1, 0.15) is 102 Å². The number of alkyl halides is 2. The highest BCUT2D eigenvalue weighted by Gasteiger charge is 2.50. The van der Waals surface area contributed by atoms with E-state index < -0.39 is 66.0 Å². The van der Waals surface area contributed by atoms with Crippen molar-refractivity contribution in [1.82, 2.24) is 25.8 Å². The normalized spacial score (nSPS) is 17.8. The number of unbranched alkanes of at least 4 members (excludes halogenated alkanes) is 1. The number of likely N-dealkylation sites (tertiary alicyclic amines) is 1. The van der Waals surface area contributed by atoms with Crippen LogP contribution < -0.4 is 20.9 Å². The molecular formula is C48H50ClF2N6O10PS. The Balaban J connectivity index is 0.965. The second-order valence-corrected chi connectivity index (χ2v) is 21.3. The average molecular weight is 1010 g/mol. The molecule has 16 nitrogen and oxygen atoms in total. The lowest BCUT2D eigenvalue weighted by atomic mass is 9.85. The molecule has 5 N–H and O–H groups in total. The third-order valence-corrected chi connectivity index (χ3v) is 14.6. The number of hydrogen-bond acceptors (Lipinski definition) is 9. The quantitative estimate of drug-likeness (QED) is 0.0426. The van der Waals surface area contributed by atoms with Crippen molar-refractivity contribution in [2.75, 3.05) is 24.5 Å². The maximum Gasteiger partial charge on any atom is 0.399 e. The molecule has 4 aromatic rings. The Labute approximate surface area is 405 Å². The van der Waals surface area contributed by atoms with Crippen LogP contribution >= 0.6 is 30.5 Å². The maximum absolute atomic E-state index is 14.5. The summed E-state index contributed by atoms with van der Waals surface area (Å²) in [5, 5.41) is 8.52. The van der Waals surface area contributed by atoms with Crippen molar-refractivity contribution in [2.24, 2.45) is 5.41 Å². The van der Waals surface area contributed by atoms with Crippen molar-refractivity contribution in [2.45, 2.75) is 96.1 Å². The summed E-state index contributed by atoms with van der Waals surface area (Å²) in [6.45, 7) is 5.89. The summed E-state index contributed by atoms with van der Waals surface area (Å²) in [5.41, 5.74) is -3.96. The van der Waals surface area contributed by atoms with Gasteiger partial charge in [0, 0.05) is 77.5 Å². The van der Waals surface area contributed by atoms with Gasteiger partial charge in [0.1, 0.15) is 18.1 Å². The van der Waals surface area contributed by atoms with Crippen LogP contribution in [0.5, 0.6) is 0 Å². The smallest absolute Gasteiger partial charge is 0.356 e. The summed E-state index contributed by atoms with van der Waals surface area (Å²) in [6, 6.07) is 13.2.